The van der Waals surface area contributed by atoms with Crippen LogP contribution in [0.4, 0.5) is 10.1 Å². The maximum absolute atomic E-state index is 12.9. The minimum absolute atomic E-state index is 0.326. The molecule has 0 spiro atoms. The Morgan fingerprint density at radius 1 is 1.00 bits per heavy atom. The van der Waals surface area contributed by atoms with Crippen LogP contribution in [0, 0.1) is 5.82 Å². The SMILES string of the molecule is O=C(N/N=C\c1ccc(F)cc1)c1ccc(NC(=O)c2sc3cc(Br)ccc3c2Cl)cc1. The van der Waals surface area contributed by atoms with E-state index in [1.165, 1.54) is 29.7 Å². The molecule has 3 aromatic carbocycles. The lowest BCUT2D eigenvalue weighted by Gasteiger charge is -2.05. The van der Waals surface area contributed by atoms with Gasteiger partial charge in [-0.25, -0.2) is 9.82 Å². The number of nitrogens with zero attached hydrogens (tertiary/aromatic N) is 1. The summed E-state index contributed by atoms with van der Waals surface area (Å²) in [6.07, 6.45) is 1.42. The van der Waals surface area contributed by atoms with Crippen molar-refractivity contribution in [2.45, 2.75) is 0 Å². The number of thiophene rings is 1. The van der Waals surface area contributed by atoms with Crippen LogP contribution in [0.25, 0.3) is 10.1 Å². The first-order valence-electron chi connectivity index (χ1n) is 9.28. The van der Waals surface area contributed by atoms with Crippen molar-refractivity contribution in [2.24, 2.45) is 5.10 Å². The Morgan fingerprint density at radius 2 is 1.72 bits per heavy atom. The average Bonchev–Trinajstić information content (AvgIpc) is 3.11. The Bertz CT molecular complexity index is 1340. The van der Waals surface area contributed by atoms with Crippen LogP contribution < -0.4 is 10.7 Å². The van der Waals surface area contributed by atoms with Crippen LogP contribution in [0.2, 0.25) is 5.02 Å². The van der Waals surface area contributed by atoms with Gasteiger partial charge in [-0.2, -0.15) is 5.10 Å². The third-order valence-corrected chi connectivity index (χ3v) is 6.60. The summed E-state index contributed by atoms with van der Waals surface area (Å²) in [7, 11) is 0. The van der Waals surface area contributed by atoms with E-state index in [1.54, 1.807) is 36.4 Å². The number of anilines is 1. The van der Waals surface area contributed by atoms with Gasteiger partial charge in [0.05, 0.1) is 11.2 Å². The molecule has 5 nitrogen and oxygen atoms in total. The van der Waals surface area contributed by atoms with Crippen LogP contribution in [0.5, 0.6) is 0 Å². The van der Waals surface area contributed by atoms with Crippen LogP contribution in [-0.4, -0.2) is 18.0 Å². The fourth-order valence-corrected chi connectivity index (χ4v) is 4.82. The highest BCUT2D eigenvalue weighted by atomic mass is 79.9. The van der Waals surface area contributed by atoms with Crippen molar-refractivity contribution in [1.29, 1.82) is 0 Å². The normalized spacial score (nSPS) is 11.1. The Morgan fingerprint density at radius 3 is 2.44 bits per heavy atom. The van der Waals surface area contributed by atoms with E-state index in [0.29, 0.717) is 26.7 Å². The predicted octanol–water partition coefficient (Wildman–Crippen LogP) is 6.47. The molecular formula is C23H14BrClFN3O2S. The Labute approximate surface area is 200 Å². The van der Waals surface area contributed by atoms with E-state index in [1.807, 2.05) is 18.2 Å². The molecule has 0 bridgehead atoms. The highest BCUT2D eigenvalue weighted by Gasteiger charge is 2.17. The number of rotatable bonds is 5. The van der Waals surface area contributed by atoms with E-state index in [4.69, 9.17) is 11.6 Å². The molecular weight excluding hydrogens is 517 g/mol. The first-order chi connectivity index (χ1) is 15.4. The Hall–Kier alpha value is -3.07. The van der Waals surface area contributed by atoms with Gasteiger partial charge in [0.2, 0.25) is 0 Å². The molecule has 0 atom stereocenters. The number of amides is 2. The van der Waals surface area contributed by atoms with Gasteiger partial charge in [0, 0.05) is 25.8 Å². The molecule has 1 aromatic heterocycles. The van der Waals surface area contributed by atoms with E-state index in [-0.39, 0.29) is 11.7 Å². The number of benzene rings is 3. The molecule has 4 aromatic rings. The monoisotopic (exact) mass is 529 g/mol. The maximum Gasteiger partial charge on any atom is 0.271 e. The van der Waals surface area contributed by atoms with Crippen molar-refractivity contribution >= 4 is 72.7 Å². The third-order valence-electron chi connectivity index (χ3n) is 4.45. The van der Waals surface area contributed by atoms with Crippen LogP contribution in [-0.2, 0) is 0 Å². The standard InChI is InChI=1S/C23H14BrClFN3O2S/c24-15-5-10-18-19(11-15)32-21(20(18)25)23(31)28-17-8-3-14(4-9-17)22(30)29-27-12-13-1-6-16(26)7-2-13/h1-12H,(H,28,31)(H,29,30)/b27-12-. The fourth-order valence-electron chi connectivity index (χ4n) is 2.86. The highest BCUT2D eigenvalue weighted by Crippen LogP contribution is 2.37. The summed E-state index contributed by atoms with van der Waals surface area (Å²) in [6, 6.07) is 17.7. The van der Waals surface area contributed by atoms with Gasteiger partial charge in [0.1, 0.15) is 10.7 Å². The molecule has 2 N–H and O–H groups in total. The summed E-state index contributed by atoms with van der Waals surface area (Å²) in [5.41, 5.74) is 3.94. The first kappa shape index (κ1) is 22.1. The van der Waals surface area contributed by atoms with Crippen LogP contribution >= 0.6 is 38.9 Å². The summed E-state index contributed by atoms with van der Waals surface area (Å²) in [4.78, 5) is 25.3. The second-order valence-corrected chi connectivity index (χ2v) is 9.01. The lowest BCUT2D eigenvalue weighted by Crippen LogP contribution is -2.17. The molecule has 0 saturated carbocycles. The van der Waals surface area contributed by atoms with Gasteiger partial charge in [-0.1, -0.05) is 45.7 Å². The third kappa shape index (κ3) is 5.04. The topological polar surface area (TPSA) is 70.6 Å². The summed E-state index contributed by atoms with van der Waals surface area (Å²) in [6.45, 7) is 0. The van der Waals surface area contributed by atoms with Crippen LogP contribution in [0.3, 0.4) is 0 Å². The fraction of sp³-hybridized carbons (Fsp3) is 0. The largest absolute Gasteiger partial charge is 0.321 e. The van der Waals surface area contributed by atoms with Gasteiger partial charge in [0.15, 0.2) is 0 Å². The highest BCUT2D eigenvalue weighted by molar-refractivity contribution is 9.10. The molecule has 0 saturated heterocycles. The van der Waals surface area contributed by atoms with Gasteiger partial charge >= 0.3 is 0 Å². The summed E-state index contributed by atoms with van der Waals surface area (Å²) in [5, 5.41) is 7.88. The van der Waals surface area contributed by atoms with Gasteiger partial charge in [-0.05, 0) is 54.1 Å². The Balaban J connectivity index is 1.40. The molecule has 0 aliphatic heterocycles. The quantitative estimate of drug-likeness (QED) is 0.229. The molecule has 32 heavy (non-hydrogen) atoms. The molecule has 4 rings (SSSR count). The smallest absolute Gasteiger partial charge is 0.271 e. The molecule has 0 fully saturated rings. The number of hydrazone groups is 1. The molecule has 0 aliphatic carbocycles. The second-order valence-electron chi connectivity index (χ2n) is 6.67. The molecule has 0 aliphatic rings. The van der Waals surface area contributed by atoms with E-state index in [0.717, 1.165) is 14.6 Å². The first-order valence-corrected chi connectivity index (χ1v) is 11.3. The zero-order valence-corrected chi connectivity index (χ0v) is 19.4. The van der Waals surface area contributed by atoms with Crippen molar-refractivity contribution < 1.29 is 14.0 Å². The number of carbonyl (C=O) groups is 2. The summed E-state index contributed by atoms with van der Waals surface area (Å²) < 4.78 is 14.7. The van der Waals surface area contributed by atoms with Gasteiger partial charge in [0.25, 0.3) is 11.8 Å². The lowest BCUT2D eigenvalue weighted by atomic mass is 10.2. The Kier molecular flexibility index (Phi) is 6.64. The van der Waals surface area contributed by atoms with Crippen molar-refractivity contribution in [3.63, 3.8) is 0 Å². The van der Waals surface area contributed by atoms with E-state index < -0.39 is 5.91 Å². The van der Waals surface area contributed by atoms with Crippen LogP contribution in [0.1, 0.15) is 25.6 Å². The summed E-state index contributed by atoms with van der Waals surface area (Å²) in [5.74, 6) is -1.09. The van der Waals surface area contributed by atoms with Crippen molar-refractivity contribution in [3.05, 3.63) is 98.0 Å². The summed E-state index contributed by atoms with van der Waals surface area (Å²) >= 11 is 11.1. The molecule has 0 unspecified atom stereocenters. The van der Waals surface area contributed by atoms with E-state index in [9.17, 15) is 14.0 Å². The van der Waals surface area contributed by atoms with E-state index in [2.05, 4.69) is 31.8 Å². The number of hydrogen-bond acceptors (Lipinski definition) is 4. The zero-order chi connectivity index (χ0) is 22.7. The number of hydrogen-bond donors (Lipinski definition) is 2. The number of nitrogens with one attached hydrogen (secondary N) is 2. The minimum atomic E-state index is -0.417. The number of fused-ring (bicyclic) bond motifs is 1. The van der Waals surface area contributed by atoms with Gasteiger partial charge < -0.3 is 5.32 Å². The zero-order valence-electron chi connectivity index (χ0n) is 16.2. The lowest BCUT2D eigenvalue weighted by molar-refractivity contribution is 0.0954. The molecule has 1 heterocycles. The maximum atomic E-state index is 12.9. The molecule has 0 radical (unpaired) electrons. The van der Waals surface area contributed by atoms with Gasteiger partial charge in [-0.15, -0.1) is 11.3 Å². The van der Waals surface area contributed by atoms with Crippen molar-refractivity contribution in [3.8, 4) is 0 Å². The minimum Gasteiger partial charge on any atom is -0.321 e. The van der Waals surface area contributed by atoms with Crippen LogP contribution in [0.15, 0.2) is 76.3 Å². The predicted molar refractivity (Wildman–Crippen MR) is 130 cm³/mol. The second kappa shape index (κ2) is 9.60. The van der Waals surface area contributed by atoms with E-state index >= 15 is 0 Å². The molecule has 9 heteroatoms. The van der Waals surface area contributed by atoms with Crippen molar-refractivity contribution in [1.82, 2.24) is 5.43 Å². The average molecular weight is 531 g/mol. The molecule has 160 valence electrons. The molecule has 2 amide bonds. The van der Waals surface area contributed by atoms with Gasteiger partial charge in [-0.3, -0.25) is 9.59 Å². The number of carbonyl (C=O) groups excluding carboxylic acids is 2. The van der Waals surface area contributed by atoms with Crippen molar-refractivity contribution in [2.75, 3.05) is 5.32 Å². The number of halogens is 3.